The van der Waals surface area contributed by atoms with Crippen LogP contribution in [-0.4, -0.2) is 30.5 Å². The fraction of sp³-hybridized carbons (Fsp3) is 0.571. The van der Waals surface area contributed by atoms with Crippen molar-refractivity contribution in [2.75, 3.05) is 0 Å². The van der Waals surface area contributed by atoms with Crippen molar-refractivity contribution in [1.29, 1.82) is 0 Å². The maximum absolute atomic E-state index is 12.3. The van der Waals surface area contributed by atoms with Crippen LogP contribution in [-0.2, 0) is 10.0 Å². The molecule has 0 spiro atoms. The van der Waals surface area contributed by atoms with E-state index in [1.54, 1.807) is 0 Å². The summed E-state index contributed by atoms with van der Waals surface area (Å²) in [5.41, 5.74) is -0.0279. The van der Waals surface area contributed by atoms with Crippen LogP contribution in [0.3, 0.4) is 0 Å². The number of aromatic nitrogens is 1. The van der Waals surface area contributed by atoms with Crippen LogP contribution in [0, 0.1) is 0 Å². The van der Waals surface area contributed by atoms with E-state index in [0.717, 1.165) is 44.7 Å². The minimum Gasteiger partial charge on any atom is -0.478 e. The first-order valence-electron chi connectivity index (χ1n) is 7.21. The number of carboxylic acids is 1. The van der Waals surface area contributed by atoms with Crippen molar-refractivity contribution >= 4 is 16.0 Å². The van der Waals surface area contributed by atoms with Gasteiger partial charge < -0.3 is 5.11 Å². The number of hydrogen-bond donors (Lipinski definition) is 2. The average Bonchev–Trinajstić information content (AvgIpc) is 2.42. The zero-order valence-electron chi connectivity index (χ0n) is 11.8. The average molecular weight is 312 g/mol. The fourth-order valence-electron chi connectivity index (χ4n) is 2.52. The lowest BCUT2D eigenvalue weighted by atomic mass is 9.97. The van der Waals surface area contributed by atoms with Gasteiger partial charge in [-0.05, 0) is 25.0 Å². The number of hydrogen-bond acceptors (Lipinski definition) is 4. The molecular weight excluding hydrogens is 292 g/mol. The highest BCUT2D eigenvalue weighted by Gasteiger charge is 2.22. The van der Waals surface area contributed by atoms with E-state index >= 15 is 0 Å². The Morgan fingerprint density at radius 1 is 1.14 bits per heavy atom. The molecule has 0 radical (unpaired) electrons. The minimum atomic E-state index is -3.68. The molecule has 0 aliphatic heterocycles. The molecule has 1 heterocycles. The summed E-state index contributed by atoms with van der Waals surface area (Å²) < 4.78 is 27.2. The van der Waals surface area contributed by atoms with Crippen molar-refractivity contribution in [3.8, 4) is 0 Å². The van der Waals surface area contributed by atoms with Gasteiger partial charge in [-0.1, -0.05) is 32.1 Å². The van der Waals surface area contributed by atoms with Gasteiger partial charge in [-0.3, -0.25) is 0 Å². The van der Waals surface area contributed by atoms with Crippen LogP contribution in [0.25, 0.3) is 0 Å². The SMILES string of the molecule is O=C(O)c1ccc(S(=O)(=O)NC2CCCCCCC2)nc1. The molecular formula is C14H20N2O4S. The second-order valence-electron chi connectivity index (χ2n) is 5.35. The Bertz CT molecular complexity index is 575. The van der Waals surface area contributed by atoms with E-state index in [4.69, 9.17) is 5.11 Å². The summed E-state index contributed by atoms with van der Waals surface area (Å²) in [6.07, 6.45) is 8.30. The second-order valence-corrected chi connectivity index (χ2v) is 7.01. The summed E-state index contributed by atoms with van der Waals surface area (Å²) in [5, 5.41) is 8.66. The predicted octanol–water partition coefficient (Wildman–Crippen LogP) is 2.17. The van der Waals surface area contributed by atoms with Crippen LogP contribution in [0.4, 0.5) is 0 Å². The Hall–Kier alpha value is -1.47. The number of nitrogens with one attached hydrogen (secondary N) is 1. The zero-order chi connectivity index (χ0) is 15.3. The Labute approximate surface area is 124 Å². The molecule has 1 saturated carbocycles. The predicted molar refractivity (Wildman–Crippen MR) is 77.6 cm³/mol. The van der Waals surface area contributed by atoms with Crippen molar-refractivity contribution in [3.63, 3.8) is 0 Å². The third-order valence-electron chi connectivity index (χ3n) is 3.69. The van der Waals surface area contributed by atoms with Crippen LogP contribution >= 0.6 is 0 Å². The molecule has 1 aliphatic carbocycles. The highest BCUT2D eigenvalue weighted by Crippen LogP contribution is 2.19. The molecule has 2 rings (SSSR count). The molecule has 0 bridgehead atoms. The summed E-state index contributed by atoms with van der Waals surface area (Å²) in [6.45, 7) is 0. The molecule has 1 aromatic heterocycles. The monoisotopic (exact) mass is 312 g/mol. The number of carbonyl (C=O) groups is 1. The smallest absolute Gasteiger partial charge is 0.337 e. The number of rotatable bonds is 4. The molecule has 0 amide bonds. The van der Waals surface area contributed by atoms with Crippen molar-refractivity contribution in [2.45, 2.75) is 56.0 Å². The van der Waals surface area contributed by atoms with Gasteiger partial charge in [0.15, 0.2) is 5.03 Å². The second kappa shape index (κ2) is 7.00. The summed E-state index contributed by atoms with van der Waals surface area (Å²) in [4.78, 5) is 14.5. The van der Waals surface area contributed by atoms with Gasteiger partial charge in [-0.15, -0.1) is 0 Å². The van der Waals surface area contributed by atoms with E-state index < -0.39 is 16.0 Å². The van der Waals surface area contributed by atoms with Crippen molar-refractivity contribution in [1.82, 2.24) is 9.71 Å². The number of pyridine rings is 1. The summed E-state index contributed by atoms with van der Waals surface area (Å²) in [6, 6.07) is 2.42. The van der Waals surface area contributed by atoms with E-state index in [-0.39, 0.29) is 16.6 Å². The molecule has 7 heteroatoms. The third kappa shape index (κ3) is 4.50. The van der Waals surface area contributed by atoms with Crippen molar-refractivity contribution in [2.24, 2.45) is 0 Å². The van der Waals surface area contributed by atoms with Gasteiger partial charge in [0.05, 0.1) is 5.56 Å². The lowest BCUT2D eigenvalue weighted by molar-refractivity contribution is 0.0696. The van der Waals surface area contributed by atoms with Crippen LogP contribution in [0.15, 0.2) is 23.4 Å². The molecule has 0 aromatic carbocycles. The van der Waals surface area contributed by atoms with Gasteiger partial charge in [0, 0.05) is 12.2 Å². The van der Waals surface area contributed by atoms with Crippen molar-refractivity contribution < 1.29 is 18.3 Å². The Kier molecular flexibility index (Phi) is 5.30. The molecule has 0 saturated heterocycles. The van der Waals surface area contributed by atoms with Gasteiger partial charge in [0.2, 0.25) is 0 Å². The van der Waals surface area contributed by atoms with E-state index in [0.29, 0.717) is 0 Å². The maximum Gasteiger partial charge on any atom is 0.337 e. The van der Waals surface area contributed by atoms with Crippen LogP contribution < -0.4 is 4.72 Å². The van der Waals surface area contributed by atoms with E-state index in [1.165, 1.54) is 18.6 Å². The molecule has 1 fully saturated rings. The lowest BCUT2D eigenvalue weighted by Crippen LogP contribution is -2.35. The van der Waals surface area contributed by atoms with Gasteiger partial charge in [-0.25, -0.2) is 22.9 Å². The molecule has 116 valence electrons. The van der Waals surface area contributed by atoms with Gasteiger partial charge in [0.1, 0.15) is 0 Å². The summed E-state index contributed by atoms with van der Waals surface area (Å²) in [5.74, 6) is -1.13. The van der Waals surface area contributed by atoms with E-state index in [2.05, 4.69) is 9.71 Å². The number of carboxylic acid groups (broad SMARTS) is 1. The first-order valence-corrected chi connectivity index (χ1v) is 8.69. The Morgan fingerprint density at radius 3 is 2.29 bits per heavy atom. The van der Waals surface area contributed by atoms with E-state index in [9.17, 15) is 13.2 Å². The normalized spacial score (nSPS) is 17.9. The van der Waals surface area contributed by atoms with Crippen LogP contribution in [0.2, 0.25) is 0 Å². The quantitative estimate of drug-likeness (QED) is 0.888. The summed E-state index contributed by atoms with van der Waals surface area (Å²) in [7, 11) is -3.68. The topological polar surface area (TPSA) is 96.4 Å². The standard InChI is InChI=1S/C14H20N2O4S/c17-14(18)11-8-9-13(15-10-11)21(19,20)16-12-6-4-2-1-3-5-7-12/h8-10,12,16H,1-7H2,(H,17,18). The van der Waals surface area contributed by atoms with Crippen LogP contribution in [0.1, 0.15) is 55.3 Å². The maximum atomic E-state index is 12.3. The molecule has 6 nitrogen and oxygen atoms in total. The van der Waals surface area contributed by atoms with Gasteiger partial charge in [0.25, 0.3) is 10.0 Å². The first-order chi connectivity index (χ1) is 9.99. The number of aromatic carboxylic acids is 1. The third-order valence-corrected chi connectivity index (χ3v) is 5.12. The van der Waals surface area contributed by atoms with E-state index in [1.807, 2.05) is 0 Å². The highest BCUT2D eigenvalue weighted by molar-refractivity contribution is 7.89. The highest BCUT2D eigenvalue weighted by atomic mass is 32.2. The fourth-order valence-corrected chi connectivity index (χ4v) is 3.75. The molecule has 0 unspecified atom stereocenters. The molecule has 0 atom stereocenters. The Morgan fingerprint density at radius 2 is 1.76 bits per heavy atom. The minimum absolute atomic E-state index is 0.0279. The van der Waals surface area contributed by atoms with Gasteiger partial charge in [-0.2, -0.15) is 0 Å². The van der Waals surface area contributed by atoms with Crippen LogP contribution in [0.5, 0.6) is 0 Å². The number of nitrogens with zero attached hydrogens (tertiary/aromatic N) is 1. The zero-order valence-corrected chi connectivity index (χ0v) is 12.6. The largest absolute Gasteiger partial charge is 0.478 e. The molecule has 1 aromatic rings. The summed E-state index contributed by atoms with van der Waals surface area (Å²) >= 11 is 0. The first kappa shape index (κ1) is 15.9. The number of sulfonamides is 1. The molecule has 21 heavy (non-hydrogen) atoms. The Balaban J connectivity index is 2.07. The lowest BCUT2D eigenvalue weighted by Gasteiger charge is -2.20. The molecule has 2 N–H and O–H groups in total. The van der Waals surface area contributed by atoms with Gasteiger partial charge >= 0.3 is 5.97 Å². The van der Waals surface area contributed by atoms with Crippen molar-refractivity contribution in [3.05, 3.63) is 23.9 Å². The molecule has 1 aliphatic rings.